The molecule has 6 nitrogen and oxygen atoms in total. The largest absolute Gasteiger partial charge is 0.341 e. The first-order valence-electron chi connectivity index (χ1n) is 8.90. The van der Waals surface area contributed by atoms with Gasteiger partial charge in [-0.2, -0.15) is 10.2 Å². The van der Waals surface area contributed by atoms with E-state index in [-0.39, 0.29) is 10.7 Å². The maximum absolute atomic E-state index is 10.8. The van der Waals surface area contributed by atoms with Gasteiger partial charge in [0, 0.05) is 40.5 Å². The van der Waals surface area contributed by atoms with Crippen molar-refractivity contribution in [2.45, 2.75) is 20.0 Å². The van der Waals surface area contributed by atoms with Crippen LogP contribution in [0.15, 0.2) is 70.9 Å². The number of para-hydroxylation sites is 1. The highest BCUT2D eigenvalue weighted by Gasteiger charge is 2.10. The molecule has 140 valence electrons. The van der Waals surface area contributed by atoms with Crippen LogP contribution >= 0.6 is 11.6 Å². The van der Waals surface area contributed by atoms with Crippen molar-refractivity contribution < 1.29 is 4.92 Å². The minimum atomic E-state index is -0.491. The van der Waals surface area contributed by atoms with Gasteiger partial charge in [-0.1, -0.05) is 35.9 Å². The summed E-state index contributed by atoms with van der Waals surface area (Å²) in [5, 5.41) is 21.8. The molecule has 0 bridgehead atoms. The average molecular weight is 393 g/mol. The highest BCUT2D eigenvalue weighted by molar-refractivity contribution is 6.33. The van der Waals surface area contributed by atoms with Crippen LogP contribution in [0, 0.1) is 10.1 Å². The number of halogens is 1. The maximum Gasteiger partial charge on any atom is 0.271 e. The highest BCUT2D eigenvalue weighted by Crippen LogP contribution is 2.31. The van der Waals surface area contributed by atoms with Crippen molar-refractivity contribution in [2.75, 3.05) is 0 Å². The minimum absolute atomic E-state index is 0.0679. The highest BCUT2D eigenvalue weighted by atomic mass is 35.5. The van der Waals surface area contributed by atoms with Crippen molar-refractivity contribution in [3.8, 4) is 0 Å². The summed E-state index contributed by atoms with van der Waals surface area (Å²) in [5.41, 5.74) is 3.80. The molecular weight excluding hydrogens is 376 g/mol. The number of nitro groups is 1. The van der Waals surface area contributed by atoms with E-state index in [1.807, 2.05) is 12.1 Å². The number of aromatic nitrogens is 1. The Hall–Kier alpha value is -3.25. The third-order valence-electron chi connectivity index (χ3n) is 4.73. The van der Waals surface area contributed by atoms with E-state index in [0.717, 1.165) is 12.1 Å². The normalized spacial score (nSPS) is 11.6. The fourth-order valence-electron chi connectivity index (χ4n) is 3.42. The van der Waals surface area contributed by atoms with Gasteiger partial charge in [0.05, 0.1) is 16.5 Å². The summed E-state index contributed by atoms with van der Waals surface area (Å²) in [5.74, 6) is 0. The number of aryl methyl sites for hydroxylation is 1. The first-order valence-corrected chi connectivity index (χ1v) is 9.27. The van der Waals surface area contributed by atoms with Gasteiger partial charge in [-0.25, -0.2) is 0 Å². The fourth-order valence-corrected chi connectivity index (χ4v) is 3.64. The SMILES string of the molecule is CCn1c2ccccc2c2cc(CN=Nc3ccc([N+](=O)[O-])cc3Cl)ccc21. The smallest absolute Gasteiger partial charge is 0.271 e. The van der Waals surface area contributed by atoms with Crippen LogP contribution in [-0.2, 0) is 13.1 Å². The van der Waals surface area contributed by atoms with Crippen LogP contribution in [0.25, 0.3) is 21.8 Å². The molecule has 0 aliphatic carbocycles. The van der Waals surface area contributed by atoms with E-state index in [1.165, 1.54) is 40.0 Å². The Morgan fingerprint density at radius 1 is 1.04 bits per heavy atom. The Morgan fingerprint density at radius 2 is 1.82 bits per heavy atom. The molecule has 0 fully saturated rings. The molecule has 0 radical (unpaired) electrons. The second-order valence-electron chi connectivity index (χ2n) is 6.41. The van der Waals surface area contributed by atoms with Crippen molar-refractivity contribution in [2.24, 2.45) is 10.2 Å². The number of nitro benzene ring substituents is 1. The van der Waals surface area contributed by atoms with Crippen LogP contribution in [0.5, 0.6) is 0 Å². The molecule has 0 aliphatic heterocycles. The Kier molecular flexibility index (Phi) is 4.79. The predicted molar refractivity (Wildman–Crippen MR) is 111 cm³/mol. The van der Waals surface area contributed by atoms with Crippen LogP contribution in [0.4, 0.5) is 11.4 Å². The summed E-state index contributed by atoms with van der Waals surface area (Å²) in [6, 6.07) is 18.8. The Balaban J connectivity index is 1.63. The van der Waals surface area contributed by atoms with Gasteiger partial charge >= 0.3 is 0 Å². The molecule has 0 amide bonds. The van der Waals surface area contributed by atoms with E-state index >= 15 is 0 Å². The molecule has 0 spiro atoms. The number of hydrogen-bond donors (Lipinski definition) is 0. The molecule has 0 aliphatic rings. The quantitative estimate of drug-likeness (QED) is 0.216. The number of rotatable bonds is 5. The van der Waals surface area contributed by atoms with Gasteiger partial charge in [-0.05, 0) is 36.8 Å². The van der Waals surface area contributed by atoms with Gasteiger partial charge in [-0.15, -0.1) is 0 Å². The standard InChI is InChI=1S/C21H17ClN4O2/c1-2-25-20-6-4-3-5-16(20)17-11-14(7-10-21(17)25)13-23-24-19-9-8-15(26(27)28)12-18(19)22/h3-12H,2,13H2,1H3. The van der Waals surface area contributed by atoms with E-state index in [0.29, 0.717) is 12.2 Å². The van der Waals surface area contributed by atoms with Gasteiger partial charge < -0.3 is 4.57 Å². The molecule has 0 unspecified atom stereocenters. The Morgan fingerprint density at radius 3 is 2.57 bits per heavy atom. The van der Waals surface area contributed by atoms with Crippen LogP contribution in [0.3, 0.4) is 0 Å². The van der Waals surface area contributed by atoms with Crippen LogP contribution in [0.2, 0.25) is 5.02 Å². The summed E-state index contributed by atoms with van der Waals surface area (Å²) in [6.45, 7) is 3.44. The van der Waals surface area contributed by atoms with Crippen molar-refractivity contribution in [1.29, 1.82) is 0 Å². The molecule has 1 aromatic heterocycles. The van der Waals surface area contributed by atoms with Gasteiger partial charge in [-0.3, -0.25) is 10.1 Å². The van der Waals surface area contributed by atoms with Crippen molar-refractivity contribution in [1.82, 2.24) is 4.57 Å². The fraction of sp³-hybridized carbons (Fsp3) is 0.143. The molecule has 0 atom stereocenters. The lowest BCUT2D eigenvalue weighted by Gasteiger charge is -2.03. The first-order chi connectivity index (χ1) is 13.6. The van der Waals surface area contributed by atoms with E-state index in [9.17, 15) is 10.1 Å². The lowest BCUT2D eigenvalue weighted by Crippen LogP contribution is -1.92. The lowest BCUT2D eigenvalue weighted by molar-refractivity contribution is -0.384. The van der Waals surface area contributed by atoms with Crippen LogP contribution in [0.1, 0.15) is 12.5 Å². The zero-order valence-electron chi connectivity index (χ0n) is 15.2. The molecular formula is C21H17ClN4O2. The van der Waals surface area contributed by atoms with Crippen LogP contribution < -0.4 is 0 Å². The summed E-state index contributed by atoms with van der Waals surface area (Å²) in [6.07, 6.45) is 0. The molecule has 4 rings (SSSR count). The van der Waals surface area contributed by atoms with E-state index < -0.39 is 4.92 Å². The second kappa shape index (κ2) is 7.40. The summed E-state index contributed by atoms with van der Waals surface area (Å²) in [4.78, 5) is 10.3. The van der Waals surface area contributed by atoms with Gasteiger partial charge in [0.2, 0.25) is 0 Å². The Labute approximate surface area is 166 Å². The molecule has 4 aromatic rings. The van der Waals surface area contributed by atoms with Crippen molar-refractivity contribution in [3.05, 3.63) is 81.4 Å². The number of fused-ring (bicyclic) bond motifs is 3. The molecule has 0 saturated heterocycles. The van der Waals surface area contributed by atoms with Crippen LogP contribution in [-0.4, -0.2) is 9.49 Å². The summed E-state index contributed by atoms with van der Waals surface area (Å²) in [7, 11) is 0. The zero-order chi connectivity index (χ0) is 19.7. The Bertz CT molecular complexity index is 1230. The first kappa shape index (κ1) is 18.1. The molecule has 0 saturated carbocycles. The minimum Gasteiger partial charge on any atom is -0.341 e. The maximum atomic E-state index is 10.8. The van der Waals surface area contributed by atoms with Crippen molar-refractivity contribution >= 4 is 44.8 Å². The summed E-state index contributed by atoms with van der Waals surface area (Å²) < 4.78 is 2.30. The molecule has 28 heavy (non-hydrogen) atoms. The topological polar surface area (TPSA) is 72.8 Å². The third-order valence-corrected chi connectivity index (χ3v) is 5.03. The third kappa shape index (κ3) is 3.23. The van der Waals surface area contributed by atoms with Crippen molar-refractivity contribution in [3.63, 3.8) is 0 Å². The molecule has 0 N–H and O–H groups in total. The average Bonchev–Trinajstić information content (AvgIpc) is 3.02. The number of non-ortho nitro benzene ring substituents is 1. The second-order valence-corrected chi connectivity index (χ2v) is 6.81. The number of benzene rings is 3. The van der Waals surface area contributed by atoms with E-state index in [4.69, 9.17) is 11.6 Å². The van der Waals surface area contributed by atoms with Gasteiger partial charge in [0.15, 0.2) is 0 Å². The molecule has 1 heterocycles. The van der Waals surface area contributed by atoms with E-state index in [2.05, 4.69) is 52.1 Å². The molecule has 3 aromatic carbocycles. The predicted octanol–water partition coefficient (Wildman–Crippen LogP) is 6.66. The monoisotopic (exact) mass is 392 g/mol. The zero-order valence-corrected chi connectivity index (χ0v) is 15.9. The number of nitrogens with zero attached hydrogens (tertiary/aromatic N) is 4. The summed E-state index contributed by atoms with van der Waals surface area (Å²) >= 11 is 6.06. The lowest BCUT2D eigenvalue weighted by atomic mass is 10.1. The van der Waals surface area contributed by atoms with Gasteiger partial charge in [0.1, 0.15) is 5.69 Å². The number of hydrogen-bond acceptors (Lipinski definition) is 4. The van der Waals surface area contributed by atoms with E-state index in [1.54, 1.807) is 0 Å². The number of azo groups is 1. The molecule has 7 heteroatoms. The van der Waals surface area contributed by atoms with Gasteiger partial charge in [0.25, 0.3) is 5.69 Å².